The lowest BCUT2D eigenvalue weighted by molar-refractivity contribution is -0.709. The molecule has 1 nitrogen and oxygen atoms in total. The lowest BCUT2D eigenvalue weighted by atomic mass is 10.3. The van der Waals surface area contributed by atoms with Crippen molar-refractivity contribution in [2.75, 3.05) is 0 Å². The Kier molecular flexibility index (Phi) is 2.42. The van der Waals surface area contributed by atoms with Crippen LogP contribution in [0.1, 0.15) is 18.5 Å². The van der Waals surface area contributed by atoms with Crippen LogP contribution in [-0.4, -0.2) is 0 Å². The highest BCUT2D eigenvalue weighted by Gasteiger charge is 2.05. The van der Waals surface area contributed by atoms with Gasteiger partial charge < -0.3 is 0 Å². The number of aryl methyl sites for hydroxylation is 1. The van der Waals surface area contributed by atoms with Gasteiger partial charge >= 0.3 is 0 Å². The van der Waals surface area contributed by atoms with Crippen LogP contribution in [0.25, 0.3) is 0 Å². The average molecular weight is 148 g/mol. The van der Waals surface area contributed by atoms with Gasteiger partial charge in [0.2, 0.25) is 0 Å². The molecule has 0 N–H and O–H groups in total. The van der Waals surface area contributed by atoms with E-state index in [9.17, 15) is 0 Å². The van der Waals surface area contributed by atoms with Crippen LogP contribution in [-0.2, 0) is 0 Å². The zero-order chi connectivity index (χ0) is 8.27. The first-order valence-electron chi connectivity index (χ1n) is 3.84. The molecule has 0 aromatic carbocycles. The van der Waals surface area contributed by atoms with E-state index in [-0.39, 0.29) is 0 Å². The van der Waals surface area contributed by atoms with Gasteiger partial charge in [0.25, 0.3) is 0 Å². The predicted molar refractivity (Wildman–Crippen MR) is 46.3 cm³/mol. The summed E-state index contributed by atoms with van der Waals surface area (Å²) in [7, 11) is 0. The lowest BCUT2D eigenvalue weighted by Gasteiger charge is -2.00. The normalized spacial score (nSPS) is 12.5. The van der Waals surface area contributed by atoms with Crippen LogP contribution in [0.4, 0.5) is 0 Å². The molecule has 0 aliphatic heterocycles. The molecule has 11 heavy (non-hydrogen) atoms. The van der Waals surface area contributed by atoms with Crippen LogP contribution in [0.2, 0.25) is 0 Å². The summed E-state index contributed by atoms with van der Waals surface area (Å²) >= 11 is 0. The Morgan fingerprint density at radius 2 is 2.36 bits per heavy atom. The van der Waals surface area contributed by atoms with Crippen molar-refractivity contribution in [1.82, 2.24) is 0 Å². The van der Waals surface area contributed by atoms with Gasteiger partial charge in [-0.2, -0.15) is 4.57 Å². The molecule has 1 rings (SSSR count). The molecule has 58 valence electrons. The molecule has 1 heteroatoms. The number of hydrogen-bond acceptors (Lipinski definition) is 0. The van der Waals surface area contributed by atoms with Gasteiger partial charge in [0, 0.05) is 18.6 Å². The van der Waals surface area contributed by atoms with Crippen molar-refractivity contribution in [3.8, 4) is 0 Å². The van der Waals surface area contributed by atoms with Crippen LogP contribution in [0, 0.1) is 6.92 Å². The largest absolute Gasteiger partial charge is 0.199 e. The molecule has 0 aliphatic rings. The fourth-order valence-corrected chi connectivity index (χ4v) is 0.990. The maximum absolute atomic E-state index is 3.75. The fourth-order valence-electron chi connectivity index (χ4n) is 0.990. The third-order valence-corrected chi connectivity index (χ3v) is 1.78. The second kappa shape index (κ2) is 3.33. The van der Waals surface area contributed by atoms with Gasteiger partial charge in [-0.05, 0) is 19.1 Å². The van der Waals surface area contributed by atoms with Gasteiger partial charge in [0.1, 0.15) is 0 Å². The Labute approximate surface area is 68.0 Å². The maximum Gasteiger partial charge on any atom is 0.173 e. The highest BCUT2D eigenvalue weighted by atomic mass is 15.0. The molecule has 0 amide bonds. The molecule has 0 radical (unpaired) electrons. The summed E-state index contributed by atoms with van der Waals surface area (Å²) in [5.74, 6) is 0. The second-order valence-corrected chi connectivity index (χ2v) is 2.80. The van der Waals surface area contributed by atoms with Gasteiger partial charge in [0.15, 0.2) is 18.4 Å². The van der Waals surface area contributed by atoms with Crippen LogP contribution in [0.5, 0.6) is 0 Å². The molecular weight excluding hydrogens is 134 g/mol. The van der Waals surface area contributed by atoms with Gasteiger partial charge in [-0.1, -0.05) is 6.58 Å². The van der Waals surface area contributed by atoms with Crippen molar-refractivity contribution in [2.24, 2.45) is 0 Å². The number of aromatic nitrogens is 1. The average Bonchev–Trinajstić information content (AvgIpc) is 2.03. The van der Waals surface area contributed by atoms with E-state index in [4.69, 9.17) is 0 Å². The second-order valence-electron chi connectivity index (χ2n) is 2.80. The molecule has 0 saturated heterocycles. The molecule has 1 unspecified atom stereocenters. The Bertz CT molecular complexity index is 253. The van der Waals surface area contributed by atoms with E-state index >= 15 is 0 Å². The molecule has 0 fully saturated rings. The van der Waals surface area contributed by atoms with E-state index in [1.54, 1.807) is 0 Å². The Morgan fingerprint density at radius 3 is 2.91 bits per heavy atom. The topological polar surface area (TPSA) is 3.88 Å². The van der Waals surface area contributed by atoms with E-state index in [1.807, 2.05) is 6.08 Å². The quantitative estimate of drug-likeness (QED) is 0.446. The monoisotopic (exact) mass is 148 g/mol. The first-order chi connectivity index (χ1) is 5.24. The number of pyridine rings is 1. The number of nitrogens with zero attached hydrogens (tertiary/aromatic N) is 1. The molecule has 0 aliphatic carbocycles. The summed E-state index contributed by atoms with van der Waals surface area (Å²) in [6.45, 7) is 7.95. The first-order valence-corrected chi connectivity index (χ1v) is 3.84. The molecule has 0 spiro atoms. The van der Waals surface area contributed by atoms with Crippen molar-refractivity contribution in [2.45, 2.75) is 19.9 Å². The molecule has 1 aromatic rings. The van der Waals surface area contributed by atoms with Crippen LogP contribution < -0.4 is 4.57 Å². The number of hydrogen-bond donors (Lipinski definition) is 0. The fraction of sp³-hybridized carbons (Fsp3) is 0.300. The SMILES string of the molecule is C=CC(C)[n+]1cccc(C)c1. The van der Waals surface area contributed by atoms with E-state index in [1.165, 1.54) is 5.56 Å². The number of rotatable bonds is 2. The van der Waals surface area contributed by atoms with Crippen LogP contribution in [0.3, 0.4) is 0 Å². The highest BCUT2D eigenvalue weighted by Crippen LogP contribution is 1.96. The smallest absolute Gasteiger partial charge is 0.173 e. The maximum atomic E-state index is 3.75. The minimum absolute atomic E-state index is 0.384. The van der Waals surface area contributed by atoms with E-state index in [2.05, 4.69) is 49.5 Å². The van der Waals surface area contributed by atoms with Gasteiger partial charge in [0.05, 0.1) is 0 Å². The molecule has 1 heterocycles. The van der Waals surface area contributed by atoms with Crippen molar-refractivity contribution in [1.29, 1.82) is 0 Å². The third-order valence-electron chi connectivity index (χ3n) is 1.78. The molecular formula is C10H14N+. The van der Waals surface area contributed by atoms with E-state index in [0.717, 1.165) is 0 Å². The number of allylic oxidation sites excluding steroid dienone is 1. The third kappa shape index (κ3) is 1.90. The molecule has 1 atom stereocenters. The Balaban J connectivity index is 2.95. The first kappa shape index (κ1) is 7.99. The Morgan fingerprint density at radius 1 is 1.64 bits per heavy atom. The van der Waals surface area contributed by atoms with Gasteiger partial charge in [-0.25, -0.2) is 0 Å². The summed E-state index contributed by atoms with van der Waals surface area (Å²) in [6.07, 6.45) is 6.10. The summed E-state index contributed by atoms with van der Waals surface area (Å²) in [6, 6.07) is 4.52. The summed E-state index contributed by atoms with van der Waals surface area (Å²) in [4.78, 5) is 0. The van der Waals surface area contributed by atoms with E-state index in [0.29, 0.717) is 6.04 Å². The van der Waals surface area contributed by atoms with Crippen molar-refractivity contribution in [3.05, 3.63) is 42.7 Å². The minimum Gasteiger partial charge on any atom is -0.199 e. The molecule has 1 aromatic heterocycles. The van der Waals surface area contributed by atoms with Crippen molar-refractivity contribution in [3.63, 3.8) is 0 Å². The van der Waals surface area contributed by atoms with Crippen LogP contribution >= 0.6 is 0 Å². The lowest BCUT2D eigenvalue weighted by Crippen LogP contribution is -2.35. The summed E-state index contributed by atoms with van der Waals surface area (Å²) in [5, 5.41) is 0. The standard InChI is InChI=1S/C10H14N/c1-4-10(3)11-7-5-6-9(2)8-11/h4-8,10H,1H2,2-3H3/q+1. The van der Waals surface area contributed by atoms with Gasteiger partial charge in [-0.3, -0.25) is 0 Å². The summed E-state index contributed by atoms with van der Waals surface area (Å²) in [5.41, 5.74) is 1.28. The van der Waals surface area contributed by atoms with Crippen LogP contribution in [0.15, 0.2) is 37.2 Å². The zero-order valence-electron chi connectivity index (χ0n) is 7.12. The van der Waals surface area contributed by atoms with E-state index < -0.39 is 0 Å². The predicted octanol–water partition coefficient (Wildman–Crippen LogP) is 2.03. The molecule has 0 saturated carbocycles. The van der Waals surface area contributed by atoms with Gasteiger partial charge in [-0.15, -0.1) is 0 Å². The highest BCUT2D eigenvalue weighted by molar-refractivity contribution is 5.01. The Hall–Kier alpha value is -1.11. The van der Waals surface area contributed by atoms with Crippen molar-refractivity contribution >= 4 is 0 Å². The van der Waals surface area contributed by atoms with Crippen molar-refractivity contribution < 1.29 is 4.57 Å². The molecule has 0 bridgehead atoms. The minimum atomic E-state index is 0.384. The summed E-state index contributed by atoms with van der Waals surface area (Å²) < 4.78 is 2.14. The zero-order valence-corrected chi connectivity index (χ0v) is 7.12.